The van der Waals surface area contributed by atoms with E-state index in [2.05, 4.69) is 34.9 Å². The van der Waals surface area contributed by atoms with Crippen LogP contribution in [0.2, 0.25) is 0 Å². The summed E-state index contributed by atoms with van der Waals surface area (Å²) in [6, 6.07) is 23.1. The second-order valence-corrected chi connectivity index (χ2v) is 9.14. The summed E-state index contributed by atoms with van der Waals surface area (Å²) in [5.41, 5.74) is 4.91. The molecule has 0 aliphatic heterocycles. The maximum Gasteiger partial charge on any atom is 0.407 e. The minimum atomic E-state index is -0.968. The van der Waals surface area contributed by atoms with Crippen LogP contribution in [0.3, 0.4) is 0 Å². The third kappa shape index (κ3) is 4.62. The molecule has 0 unspecified atom stereocenters. The van der Waals surface area contributed by atoms with Gasteiger partial charge in [-0.15, -0.1) is 0 Å². The average molecular weight is 471 g/mol. The first-order valence-corrected chi connectivity index (χ1v) is 11.7. The van der Waals surface area contributed by atoms with Crippen LogP contribution in [-0.2, 0) is 20.7 Å². The van der Waals surface area contributed by atoms with Gasteiger partial charge in [-0.1, -0.05) is 66.7 Å². The lowest BCUT2D eigenvalue weighted by molar-refractivity contribution is -0.136. The molecule has 2 amide bonds. The molecule has 7 nitrogen and oxygen atoms in total. The number of rotatable bonds is 8. The van der Waals surface area contributed by atoms with Crippen LogP contribution < -0.4 is 10.6 Å². The summed E-state index contributed by atoms with van der Waals surface area (Å²) in [5, 5.41) is 14.7. The van der Waals surface area contributed by atoms with E-state index < -0.39 is 17.5 Å². The van der Waals surface area contributed by atoms with Gasteiger partial charge in [-0.2, -0.15) is 0 Å². The number of nitrogens with one attached hydrogen (secondary N) is 2. The lowest BCUT2D eigenvalue weighted by Crippen LogP contribution is -2.37. The minimum Gasteiger partial charge on any atom is -0.481 e. The first-order chi connectivity index (χ1) is 17.0. The number of ether oxygens (including phenoxy) is 1. The Balaban J connectivity index is 1.18. The second-order valence-electron chi connectivity index (χ2n) is 9.14. The second kappa shape index (κ2) is 9.25. The highest BCUT2D eigenvalue weighted by molar-refractivity contribution is 5.98. The van der Waals surface area contributed by atoms with Gasteiger partial charge in [0.15, 0.2) is 0 Å². The first kappa shape index (κ1) is 22.7. The molecule has 35 heavy (non-hydrogen) atoms. The van der Waals surface area contributed by atoms with Crippen LogP contribution in [0.4, 0.5) is 10.5 Å². The lowest BCUT2D eigenvalue weighted by Gasteiger charge is -2.18. The topological polar surface area (TPSA) is 105 Å². The van der Waals surface area contributed by atoms with Gasteiger partial charge in [0.2, 0.25) is 5.91 Å². The number of aliphatic carboxylic acids is 1. The molecule has 1 fully saturated rings. The Morgan fingerprint density at radius 2 is 1.49 bits per heavy atom. The molecule has 3 aromatic rings. The van der Waals surface area contributed by atoms with Gasteiger partial charge >= 0.3 is 12.1 Å². The molecule has 0 bridgehead atoms. The molecule has 0 saturated heterocycles. The SMILES string of the molecule is O=C(O)Cc1ccccc1NC(=O)C1(CNC(=O)OCC2c3ccccc3-c3ccccc32)CC1. The van der Waals surface area contributed by atoms with Crippen molar-refractivity contribution in [1.29, 1.82) is 0 Å². The zero-order chi connectivity index (χ0) is 24.4. The Morgan fingerprint density at radius 1 is 0.886 bits per heavy atom. The number of carbonyl (C=O) groups excluding carboxylic acids is 2. The number of anilines is 1. The normalized spacial score (nSPS) is 15.0. The van der Waals surface area contributed by atoms with Crippen LogP contribution in [0.1, 0.15) is 35.4 Å². The predicted octanol–water partition coefficient (Wildman–Crippen LogP) is 4.57. The monoisotopic (exact) mass is 470 g/mol. The molecule has 1 saturated carbocycles. The molecule has 5 rings (SSSR count). The number of hydrogen-bond acceptors (Lipinski definition) is 4. The highest BCUT2D eigenvalue weighted by Gasteiger charge is 2.50. The van der Waals surface area contributed by atoms with E-state index in [1.54, 1.807) is 24.3 Å². The van der Waals surface area contributed by atoms with Gasteiger partial charge in [0.1, 0.15) is 6.61 Å². The van der Waals surface area contributed by atoms with E-state index in [9.17, 15) is 14.4 Å². The number of alkyl carbamates (subject to hydrolysis) is 1. The van der Waals surface area contributed by atoms with Crippen molar-refractivity contribution >= 4 is 23.7 Å². The van der Waals surface area contributed by atoms with Crippen LogP contribution >= 0.6 is 0 Å². The molecular formula is C28H26N2O5. The molecule has 178 valence electrons. The number of fused-ring (bicyclic) bond motifs is 3. The smallest absolute Gasteiger partial charge is 0.407 e. The maximum absolute atomic E-state index is 12.9. The number of carbonyl (C=O) groups is 3. The number of amides is 2. The third-order valence-electron chi connectivity index (χ3n) is 6.86. The van der Waals surface area contributed by atoms with E-state index in [1.807, 2.05) is 24.3 Å². The van der Waals surface area contributed by atoms with Gasteiger partial charge in [-0.3, -0.25) is 9.59 Å². The van der Waals surface area contributed by atoms with E-state index in [4.69, 9.17) is 9.84 Å². The molecular weight excluding hydrogens is 444 g/mol. The fraction of sp³-hybridized carbons (Fsp3) is 0.250. The molecule has 0 aromatic heterocycles. The molecule has 0 atom stereocenters. The van der Waals surface area contributed by atoms with Crippen molar-refractivity contribution in [2.24, 2.45) is 5.41 Å². The van der Waals surface area contributed by atoms with E-state index in [-0.39, 0.29) is 31.4 Å². The zero-order valence-electron chi connectivity index (χ0n) is 19.1. The highest BCUT2D eigenvalue weighted by Crippen LogP contribution is 2.46. The van der Waals surface area contributed by atoms with E-state index in [1.165, 1.54) is 0 Å². The largest absolute Gasteiger partial charge is 0.481 e. The number of carboxylic acid groups (broad SMARTS) is 1. The Hall–Kier alpha value is -4.13. The Labute approximate surface area is 203 Å². The van der Waals surface area contributed by atoms with Crippen LogP contribution in [0, 0.1) is 5.41 Å². The maximum atomic E-state index is 12.9. The van der Waals surface area contributed by atoms with Gasteiger partial charge in [-0.25, -0.2) is 4.79 Å². The van der Waals surface area contributed by atoms with E-state index >= 15 is 0 Å². The first-order valence-electron chi connectivity index (χ1n) is 11.7. The summed E-state index contributed by atoms with van der Waals surface area (Å²) < 4.78 is 5.58. The van der Waals surface area contributed by atoms with Gasteiger partial charge in [0.05, 0.1) is 11.8 Å². The summed E-state index contributed by atoms with van der Waals surface area (Å²) >= 11 is 0. The number of hydrogen-bond donors (Lipinski definition) is 3. The van der Waals surface area contributed by atoms with Crippen molar-refractivity contribution in [1.82, 2.24) is 5.32 Å². The van der Waals surface area contributed by atoms with E-state index in [0.717, 1.165) is 22.3 Å². The Morgan fingerprint density at radius 3 is 2.11 bits per heavy atom. The molecule has 3 aromatic carbocycles. The third-order valence-corrected chi connectivity index (χ3v) is 6.86. The lowest BCUT2D eigenvalue weighted by atomic mass is 9.98. The summed E-state index contributed by atoms with van der Waals surface area (Å²) in [6.07, 6.45) is 0.548. The molecule has 0 heterocycles. The summed E-state index contributed by atoms with van der Waals surface area (Å²) in [6.45, 7) is 0.373. The molecule has 7 heteroatoms. The Bertz CT molecular complexity index is 1250. The number of para-hydroxylation sites is 1. The minimum absolute atomic E-state index is 0.0305. The standard InChI is InChI=1S/C28H26N2O5/c31-25(32)15-18-7-1-6-12-24(18)30-26(33)28(13-14-28)17-29-27(34)35-16-23-21-10-4-2-8-19(21)20-9-3-5-11-22(20)23/h1-12,23H,13-17H2,(H,29,34)(H,30,33)(H,31,32). The van der Waals surface area contributed by atoms with Crippen molar-refractivity contribution in [3.8, 4) is 11.1 Å². The Kier molecular flexibility index (Phi) is 5.99. The summed E-state index contributed by atoms with van der Waals surface area (Å²) in [4.78, 5) is 36.6. The summed E-state index contributed by atoms with van der Waals surface area (Å²) in [7, 11) is 0. The fourth-order valence-corrected chi connectivity index (χ4v) is 4.74. The van der Waals surface area contributed by atoms with Crippen molar-refractivity contribution in [3.63, 3.8) is 0 Å². The van der Waals surface area contributed by atoms with Crippen molar-refractivity contribution in [2.75, 3.05) is 18.5 Å². The van der Waals surface area contributed by atoms with Gasteiger partial charge in [0.25, 0.3) is 0 Å². The highest BCUT2D eigenvalue weighted by atomic mass is 16.5. The van der Waals surface area contributed by atoms with Crippen molar-refractivity contribution in [2.45, 2.75) is 25.2 Å². The number of carboxylic acids is 1. The average Bonchev–Trinajstić information content (AvgIpc) is 3.59. The fourth-order valence-electron chi connectivity index (χ4n) is 4.74. The quantitative estimate of drug-likeness (QED) is 0.447. The molecule has 0 radical (unpaired) electrons. The van der Waals surface area contributed by atoms with Gasteiger partial charge in [0, 0.05) is 18.2 Å². The van der Waals surface area contributed by atoms with Crippen molar-refractivity contribution in [3.05, 3.63) is 89.5 Å². The number of benzene rings is 3. The predicted molar refractivity (Wildman–Crippen MR) is 131 cm³/mol. The van der Waals surface area contributed by atoms with Crippen LogP contribution in [0.15, 0.2) is 72.8 Å². The van der Waals surface area contributed by atoms with Crippen LogP contribution in [-0.4, -0.2) is 36.2 Å². The van der Waals surface area contributed by atoms with E-state index in [0.29, 0.717) is 24.1 Å². The van der Waals surface area contributed by atoms with Crippen LogP contribution in [0.5, 0.6) is 0 Å². The molecule has 3 N–H and O–H groups in total. The summed E-state index contributed by atoms with van der Waals surface area (Å²) in [5.74, 6) is -1.23. The zero-order valence-corrected chi connectivity index (χ0v) is 19.1. The van der Waals surface area contributed by atoms with Crippen LogP contribution in [0.25, 0.3) is 11.1 Å². The van der Waals surface area contributed by atoms with Gasteiger partial charge in [-0.05, 0) is 46.7 Å². The molecule has 2 aliphatic rings. The molecule has 2 aliphatic carbocycles. The van der Waals surface area contributed by atoms with Gasteiger partial charge < -0.3 is 20.5 Å². The van der Waals surface area contributed by atoms with Crippen molar-refractivity contribution < 1.29 is 24.2 Å². The molecule has 0 spiro atoms.